The van der Waals surface area contributed by atoms with Gasteiger partial charge in [-0.05, 0) is 25.5 Å². The molecule has 0 saturated heterocycles. The number of carbonyl (C=O) groups is 2. The molecular formula is C13H18N2O6. The van der Waals surface area contributed by atoms with Crippen LogP contribution in [0.5, 0.6) is 0 Å². The molecule has 0 aliphatic heterocycles. The normalized spacial score (nSPS) is 13.5. The number of aromatic nitrogens is 1. The summed E-state index contributed by atoms with van der Waals surface area (Å²) in [6, 6.07) is 0.00949. The predicted molar refractivity (Wildman–Crippen MR) is 72.6 cm³/mol. The van der Waals surface area contributed by atoms with E-state index in [1.807, 2.05) is 0 Å². The van der Waals surface area contributed by atoms with E-state index in [0.29, 0.717) is 5.56 Å². The number of ether oxygens (including phenoxy) is 2. The standard InChI is InChI=1S/C13H18N2O6/c1-5-21-12(11(9(3)16)15(18)19)14-7-6-8(2)10(14)13(17)20-4/h6-7,11-12H,5H2,1-4H3. The molecule has 1 rings (SSSR count). The van der Waals surface area contributed by atoms with Gasteiger partial charge in [-0.3, -0.25) is 14.9 Å². The Morgan fingerprint density at radius 2 is 2.10 bits per heavy atom. The number of hydrogen-bond donors (Lipinski definition) is 0. The van der Waals surface area contributed by atoms with Crippen LogP contribution in [0.3, 0.4) is 0 Å². The lowest BCUT2D eigenvalue weighted by Crippen LogP contribution is -2.39. The molecule has 0 bridgehead atoms. The smallest absolute Gasteiger partial charge is 0.355 e. The summed E-state index contributed by atoms with van der Waals surface area (Å²) in [5, 5.41) is 11.2. The average molecular weight is 298 g/mol. The second kappa shape index (κ2) is 6.98. The van der Waals surface area contributed by atoms with Crippen molar-refractivity contribution in [3.05, 3.63) is 33.6 Å². The highest BCUT2D eigenvalue weighted by atomic mass is 16.6. The molecule has 0 fully saturated rings. The summed E-state index contributed by atoms with van der Waals surface area (Å²) in [5.74, 6) is -1.30. The minimum atomic E-state index is -1.60. The number of aryl methyl sites for hydroxylation is 1. The van der Waals surface area contributed by atoms with E-state index in [1.54, 1.807) is 19.9 Å². The maximum absolute atomic E-state index is 11.8. The third-order valence-electron chi connectivity index (χ3n) is 3.02. The first kappa shape index (κ1) is 16.8. The number of methoxy groups -OCH3 is 1. The molecular weight excluding hydrogens is 280 g/mol. The SMILES string of the molecule is CCOC(C(C(C)=O)[N+](=O)[O-])n1ccc(C)c1C(=O)OC. The Morgan fingerprint density at radius 3 is 2.52 bits per heavy atom. The zero-order valence-electron chi connectivity index (χ0n) is 12.4. The van der Waals surface area contributed by atoms with Gasteiger partial charge in [0, 0.05) is 24.7 Å². The first-order valence-corrected chi connectivity index (χ1v) is 6.36. The van der Waals surface area contributed by atoms with Crippen molar-refractivity contribution in [2.45, 2.75) is 33.0 Å². The van der Waals surface area contributed by atoms with Crippen molar-refractivity contribution >= 4 is 11.8 Å². The van der Waals surface area contributed by atoms with Gasteiger partial charge in [-0.15, -0.1) is 0 Å². The van der Waals surface area contributed by atoms with E-state index in [2.05, 4.69) is 4.74 Å². The van der Waals surface area contributed by atoms with Crippen LogP contribution in [0.4, 0.5) is 0 Å². The highest BCUT2D eigenvalue weighted by Gasteiger charge is 2.39. The van der Waals surface area contributed by atoms with Crippen molar-refractivity contribution in [1.29, 1.82) is 0 Å². The maximum atomic E-state index is 11.8. The van der Waals surface area contributed by atoms with Crippen LogP contribution in [0.2, 0.25) is 0 Å². The van der Waals surface area contributed by atoms with Crippen molar-refractivity contribution < 1.29 is 24.0 Å². The Bertz CT molecular complexity index is 537. The second-order valence-corrected chi connectivity index (χ2v) is 4.43. The Hall–Kier alpha value is -2.22. The van der Waals surface area contributed by atoms with E-state index >= 15 is 0 Å². The molecule has 0 aliphatic carbocycles. The summed E-state index contributed by atoms with van der Waals surface area (Å²) in [6.45, 7) is 4.59. The Morgan fingerprint density at radius 1 is 1.48 bits per heavy atom. The van der Waals surface area contributed by atoms with Crippen molar-refractivity contribution in [2.24, 2.45) is 0 Å². The lowest BCUT2D eigenvalue weighted by Gasteiger charge is -2.22. The van der Waals surface area contributed by atoms with Gasteiger partial charge < -0.3 is 14.0 Å². The largest absolute Gasteiger partial charge is 0.464 e. The number of hydrogen-bond acceptors (Lipinski definition) is 6. The summed E-state index contributed by atoms with van der Waals surface area (Å²) in [6.07, 6.45) is 0.270. The summed E-state index contributed by atoms with van der Waals surface area (Å²) in [4.78, 5) is 33.9. The molecule has 2 atom stereocenters. The Balaban J connectivity index is 3.38. The lowest BCUT2D eigenvalue weighted by molar-refractivity contribution is -0.525. The number of Topliss-reactive ketones (excluding diaryl/α,β-unsaturated/α-hetero) is 1. The van der Waals surface area contributed by atoms with Crippen molar-refractivity contribution in [2.75, 3.05) is 13.7 Å². The minimum absolute atomic E-state index is 0.129. The molecule has 0 aromatic carbocycles. The van der Waals surface area contributed by atoms with Crippen LogP contribution in [0, 0.1) is 17.0 Å². The molecule has 116 valence electrons. The topological polar surface area (TPSA) is 101 Å². The summed E-state index contributed by atoms with van der Waals surface area (Å²) >= 11 is 0. The van der Waals surface area contributed by atoms with Gasteiger partial charge in [0.2, 0.25) is 12.0 Å². The van der Waals surface area contributed by atoms with E-state index in [1.165, 1.54) is 17.9 Å². The van der Waals surface area contributed by atoms with Crippen LogP contribution in [0.25, 0.3) is 0 Å². The van der Waals surface area contributed by atoms with Gasteiger partial charge in [0.05, 0.1) is 7.11 Å². The second-order valence-electron chi connectivity index (χ2n) is 4.43. The quantitative estimate of drug-likeness (QED) is 0.428. The fraction of sp³-hybridized carbons (Fsp3) is 0.538. The number of rotatable bonds is 7. The van der Waals surface area contributed by atoms with Gasteiger partial charge in [0.1, 0.15) is 5.69 Å². The van der Waals surface area contributed by atoms with Crippen molar-refractivity contribution in [3.8, 4) is 0 Å². The Labute approximate surface area is 121 Å². The first-order valence-electron chi connectivity index (χ1n) is 6.36. The molecule has 21 heavy (non-hydrogen) atoms. The van der Waals surface area contributed by atoms with Gasteiger partial charge in [-0.1, -0.05) is 0 Å². The lowest BCUT2D eigenvalue weighted by atomic mass is 10.1. The van der Waals surface area contributed by atoms with E-state index in [4.69, 9.17) is 4.74 Å². The predicted octanol–water partition coefficient (Wildman–Crippen LogP) is 1.35. The highest BCUT2D eigenvalue weighted by molar-refractivity contribution is 5.89. The molecule has 0 radical (unpaired) electrons. The third kappa shape index (κ3) is 3.46. The summed E-state index contributed by atoms with van der Waals surface area (Å²) in [5.41, 5.74) is 0.709. The average Bonchev–Trinajstić information content (AvgIpc) is 2.78. The molecule has 8 heteroatoms. The molecule has 1 aromatic rings. The van der Waals surface area contributed by atoms with Crippen LogP contribution in [0.1, 0.15) is 36.1 Å². The molecule has 0 N–H and O–H groups in total. The zero-order valence-corrected chi connectivity index (χ0v) is 12.4. The molecule has 2 unspecified atom stereocenters. The summed E-state index contributed by atoms with van der Waals surface area (Å²) in [7, 11) is 1.21. The van der Waals surface area contributed by atoms with E-state index in [9.17, 15) is 19.7 Å². The maximum Gasteiger partial charge on any atom is 0.355 e. The first-order chi connectivity index (χ1) is 9.84. The van der Waals surface area contributed by atoms with Crippen LogP contribution in [-0.4, -0.2) is 41.0 Å². The monoisotopic (exact) mass is 298 g/mol. The van der Waals surface area contributed by atoms with Crippen LogP contribution < -0.4 is 0 Å². The molecule has 0 amide bonds. The zero-order chi connectivity index (χ0) is 16.2. The number of nitrogens with zero attached hydrogens (tertiary/aromatic N) is 2. The highest BCUT2D eigenvalue weighted by Crippen LogP contribution is 2.23. The molecule has 0 aliphatic rings. The van der Waals surface area contributed by atoms with Gasteiger partial charge in [-0.2, -0.15) is 0 Å². The fourth-order valence-corrected chi connectivity index (χ4v) is 2.07. The van der Waals surface area contributed by atoms with Gasteiger partial charge in [-0.25, -0.2) is 4.79 Å². The minimum Gasteiger partial charge on any atom is -0.464 e. The molecule has 8 nitrogen and oxygen atoms in total. The fourth-order valence-electron chi connectivity index (χ4n) is 2.07. The summed E-state index contributed by atoms with van der Waals surface area (Å²) < 4.78 is 11.3. The van der Waals surface area contributed by atoms with E-state index < -0.39 is 28.9 Å². The van der Waals surface area contributed by atoms with Gasteiger partial charge in [0.15, 0.2) is 0 Å². The number of esters is 1. The number of carbonyl (C=O) groups excluding carboxylic acids is 2. The Kier molecular flexibility index (Phi) is 5.60. The number of nitro groups is 1. The van der Waals surface area contributed by atoms with Crippen LogP contribution >= 0.6 is 0 Å². The van der Waals surface area contributed by atoms with Crippen LogP contribution in [-0.2, 0) is 14.3 Å². The van der Waals surface area contributed by atoms with E-state index in [0.717, 1.165) is 6.92 Å². The number of ketones is 1. The van der Waals surface area contributed by atoms with Crippen molar-refractivity contribution in [3.63, 3.8) is 0 Å². The van der Waals surface area contributed by atoms with Gasteiger partial charge >= 0.3 is 12.0 Å². The molecule has 0 spiro atoms. The molecule has 1 heterocycles. The van der Waals surface area contributed by atoms with Gasteiger partial charge in [0.25, 0.3) is 0 Å². The molecule has 0 saturated carbocycles. The van der Waals surface area contributed by atoms with Crippen molar-refractivity contribution in [1.82, 2.24) is 4.57 Å². The molecule has 1 aromatic heterocycles. The van der Waals surface area contributed by atoms with E-state index in [-0.39, 0.29) is 12.3 Å². The van der Waals surface area contributed by atoms with Crippen LogP contribution in [0.15, 0.2) is 12.3 Å². The third-order valence-corrected chi connectivity index (χ3v) is 3.02.